The molecule has 33 heavy (non-hydrogen) atoms. The Morgan fingerprint density at radius 1 is 1.06 bits per heavy atom. The van der Waals surface area contributed by atoms with Crippen LogP contribution in [0.15, 0.2) is 42.5 Å². The molecule has 2 aromatic rings. The van der Waals surface area contributed by atoms with E-state index in [0.29, 0.717) is 43.7 Å². The van der Waals surface area contributed by atoms with Gasteiger partial charge in [-0.2, -0.15) is 0 Å². The van der Waals surface area contributed by atoms with Crippen molar-refractivity contribution in [3.63, 3.8) is 0 Å². The predicted octanol–water partition coefficient (Wildman–Crippen LogP) is 5.05. The summed E-state index contributed by atoms with van der Waals surface area (Å²) in [6, 6.07) is 13.9. The van der Waals surface area contributed by atoms with Gasteiger partial charge < -0.3 is 19.7 Å². The number of carbonyl (C=O) groups excluding carboxylic acids is 2. The fourth-order valence-electron chi connectivity index (χ4n) is 4.39. The zero-order chi connectivity index (χ0) is 24.2. The Kier molecular flexibility index (Phi) is 7.35. The van der Waals surface area contributed by atoms with Gasteiger partial charge in [0.2, 0.25) is 0 Å². The Morgan fingerprint density at radius 2 is 1.73 bits per heavy atom. The Morgan fingerprint density at radius 3 is 2.33 bits per heavy atom. The lowest BCUT2D eigenvalue weighted by molar-refractivity contribution is 0.0149. The van der Waals surface area contributed by atoms with Crippen molar-refractivity contribution in [1.29, 1.82) is 0 Å². The van der Waals surface area contributed by atoms with E-state index in [1.807, 2.05) is 52.0 Å². The molecule has 6 nitrogen and oxygen atoms in total. The zero-order valence-electron chi connectivity index (χ0n) is 20.7. The van der Waals surface area contributed by atoms with Crippen LogP contribution in [0.5, 0.6) is 5.75 Å². The molecule has 1 heterocycles. The molecule has 1 aliphatic rings. The molecule has 0 spiro atoms. The van der Waals surface area contributed by atoms with Gasteiger partial charge in [0.15, 0.2) is 0 Å². The third-order valence-electron chi connectivity index (χ3n) is 6.12. The fraction of sp³-hybridized carbons (Fsp3) is 0.481. The lowest BCUT2D eigenvalue weighted by Gasteiger charge is -2.43. The number of ether oxygens (including phenoxy) is 2. The number of nitrogens with zero attached hydrogens (tertiary/aromatic N) is 1. The summed E-state index contributed by atoms with van der Waals surface area (Å²) < 4.78 is 11.0. The summed E-state index contributed by atoms with van der Waals surface area (Å²) in [5.41, 5.74) is 2.78. The van der Waals surface area contributed by atoms with Crippen molar-refractivity contribution >= 4 is 12.0 Å². The van der Waals surface area contributed by atoms with Crippen LogP contribution < -0.4 is 10.1 Å². The van der Waals surface area contributed by atoms with E-state index in [1.165, 1.54) is 11.1 Å². The molecule has 0 atom stereocenters. The van der Waals surface area contributed by atoms with E-state index in [1.54, 1.807) is 12.0 Å². The minimum Gasteiger partial charge on any atom is -0.496 e. The highest BCUT2D eigenvalue weighted by Crippen LogP contribution is 2.30. The van der Waals surface area contributed by atoms with Crippen LogP contribution in [0.4, 0.5) is 4.79 Å². The van der Waals surface area contributed by atoms with Crippen molar-refractivity contribution in [2.24, 2.45) is 0 Å². The van der Waals surface area contributed by atoms with E-state index in [-0.39, 0.29) is 12.0 Å². The maximum absolute atomic E-state index is 13.4. The highest BCUT2D eigenvalue weighted by molar-refractivity contribution is 5.96. The highest BCUT2D eigenvalue weighted by Gasteiger charge is 2.39. The number of methoxy groups -OCH3 is 1. The van der Waals surface area contributed by atoms with E-state index < -0.39 is 11.1 Å². The smallest absolute Gasteiger partial charge is 0.410 e. The quantitative estimate of drug-likeness (QED) is 0.689. The van der Waals surface area contributed by atoms with Crippen LogP contribution in [0.25, 0.3) is 0 Å². The Balaban J connectivity index is 1.83. The Hall–Kier alpha value is -3.02. The molecule has 2 aromatic carbocycles. The van der Waals surface area contributed by atoms with Crippen molar-refractivity contribution in [3.05, 3.63) is 64.7 Å². The van der Waals surface area contributed by atoms with Crippen LogP contribution in [0.1, 0.15) is 60.7 Å². The van der Waals surface area contributed by atoms with Gasteiger partial charge >= 0.3 is 6.09 Å². The molecule has 6 heteroatoms. The van der Waals surface area contributed by atoms with Gasteiger partial charge in [-0.1, -0.05) is 35.9 Å². The molecule has 1 N–H and O–H groups in total. The van der Waals surface area contributed by atoms with E-state index in [4.69, 9.17) is 9.47 Å². The van der Waals surface area contributed by atoms with Crippen molar-refractivity contribution in [2.75, 3.05) is 20.2 Å². The predicted molar refractivity (Wildman–Crippen MR) is 130 cm³/mol. The molecule has 0 bridgehead atoms. The van der Waals surface area contributed by atoms with Crippen molar-refractivity contribution in [2.45, 2.75) is 65.0 Å². The first-order valence-electron chi connectivity index (χ1n) is 11.5. The minimum atomic E-state index is -0.536. The standard InChI is InChI=1S/C27H36N2O4/c1-19-9-7-10-21(17-19)18-27(13-15-29(16-14-27)25(31)33-26(3,4)5)28-24(30)22-11-8-12-23(32-6)20(22)2/h7-12,17H,13-16,18H2,1-6H3,(H,28,30). The summed E-state index contributed by atoms with van der Waals surface area (Å²) in [4.78, 5) is 27.7. The average molecular weight is 453 g/mol. The molecule has 0 radical (unpaired) electrons. The van der Waals surface area contributed by atoms with Gasteiger partial charge in [0, 0.05) is 29.8 Å². The van der Waals surface area contributed by atoms with Gasteiger partial charge in [-0.05, 0) is 71.6 Å². The number of hydrogen-bond donors (Lipinski definition) is 1. The number of likely N-dealkylation sites (tertiary alicyclic amines) is 1. The number of nitrogens with one attached hydrogen (secondary N) is 1. The second-order valence-corrected chi connectivity index (χ2v) is 10.0. The van der Waals surface area contributed by atoms with Gasteiger partial charge in [-0.15, -0.1) is 0 Å². The third kappa shape index (κ3) is 6.28. The molecule has 0 saturated carbocycles. The molecular weight excluding hydrogens is 416 g/mol. The minimum absolute atomic E-state index is 0.121. The molecule has 3 rings (SSSR count). The Bertz CT molecular complexity index is 1000. The molecule has 1 fully saturated rings. The largest absolute Gasteiger partial charge is 0.496 e. The van der Waals surface area contributed by atoms with E-state index in [2.05, 4.69) is 30.4 Å². The number of amides is 2. The van der Waals surface area contributed by atoms with Crippen molar-refractivity contribution in [1.82, 2.24) is 10.2 Å². The number of carbonyl (C=O) groups is 2. The SMILES string of the molecule is COc1cccc(C(=O)NC2(Cc3cccc(C)c3)CCN(C(=O)OC(C)(C)C)CC2)c1C. The number of benzene rings is 2. The van der Waals surface area contributed by atoms with Crippen LogP contribution in [-0.4, -0.2) is 48.2 Å². The number of aryl methyl sites for hydroxylation is 1. The number of piperidine rings is 1. The molecule has 0 unspecified atom stereocenters. The molecule has 1 aliphatic heterocycles. The summed E-state index contributed by atoms with van der Waals surface area (Å²) in [5.74, 6) is 0.569. The maximum Gasteiger partial charge on any atom is 0.410 e. The van der Waals surface area contributed by atoms with Crippen LogP contribution in [0.2, 0.25) is 0 Å². The van der Waals surface area contributed by atoms with Crippen LogP contribution in [-0.2, 0) is 11.2 Å². The molecule has 1 saturated heterocycles. The lowest BCUT2D eigenvalue weighted by Crippen LogP contribution is -2.57. The lowest BCUT2D eigenvalue weighted by atomic mass is 9.81. The molecular formula is C27H36N2O4. The fourth-order valence-corrected chi connectivity index (χ4v) is 4.39. The maximum atomic E-state index is 13.4. The average Bonchev–Trinajstić information content (AvgIpc) is 2.73. The summed E-state index contributed by atoms with van der Waals surface area (Å²) in [5, 5.41) is 3.34. The van der Waals surface area contributed by atoms with Gasteiger partial charge in [-0.3, -0.25) is 4.79 Å². The van der Waals surface area contributed by atoms with Crippen molar-refractivity contribution in [3.8, 4) is 5.75 Å². The first kappa shape index (κ1) is 24.6. The van der Waals surface area contributed by atoms with Crippen LogP contribution >= 0.6 is 0 Å². The monoisotopic (exact) mass is 452 g/mol. The topological polar surface area (TPSA) is 67.9 Å². The van der Waals surface area contributed by atoms with Gasteiger partial charge in [0.05, 0.1) is 7.11 Å². The van der Waals surface area contributed by atoms with Crippen molar-refractivity contribution < 1.29 is 19.1 Å². The summed E-state index contributed by atoms with van der Waals surface area (Å²) in [6.45, 7) is 10.6. The molecule has 0 aliphatic carbocycles. The zero-order valence-corrected chi connectivity index (χ0v) is 20.7. The molecule has 0 aromatic heterocycles. The summed E-state index contributed by atoms with van der Waals surface area (Å²) >= 11 is 0. The normalized spacial score (nSPS) is 15.6. The van der Waals surface area contributed by atoms with E-state index in [0.717, 1.165) is 5.56 Å². The van der Waals surface area contributed by atoms with E-state index in [9.17, 15) is 9.59 Å². The van der Waals surface area contributed by atoms with Gasteiger partial charge in [0.25, 0.3) is 5.91 Å². The summed E-state index contributed by atoms with van der Waals surface area (Å²) in [7, 11) is 1.61. The second kappa shape index (κ2) is 9.86. The van der Waals surface area contributed by atoms with Gasteiger partial charge in [0.1, 0.15) is 11.4 Å². The second-order valence-electron chi connectivity index (χ2n) is 10.0. The molecule has 2 amide bonds. The van der Waals surface area contributed by atoms with E-state index >= 15 is 0 Å². The molecule has 178 valence electrons. The highest BCUT2D eigenvalue weighted by atomic mass is 16.6. The summed E-state index contributed by atoms with van der Waals surface area (Å²) in [6.07, 6.45) is 1.69. The number of hydrogen-bond acceptors (Lipinski definition) is 4. The Labute approximate surface area is 197 Å². The van der Waals surface area contributed by atoms with Crippen LogP contribution in [0, 0.1) is 13.8 Å². The first-order valence-corrected chi connectivity index (χ1v) is 11.5. The number of rotatable bonds is 5. The first-order chi connectivity index (χ1) is 15.5. The van der Waals surface area contributed by atoms with Crippen LogP contribution in [0.3, 0.4) is 0 Å². The van der Waals surface area contributed by atoms with Gasteiger partial charge in [-0.25, -0.2) is 4.79 Å². The third-order valence-corrected chi connectivity index (χ3v) is 6.12.